The Labute approximate surface area is 155 Å². The van der Waals surface area contributed by atoms with Gasteiger partial charge < -0.3 is 16.0 Å². The van der Waals surface area contributed by atoms with Crippen LogP contribution in [0, 0.1) is 5.92 Å². The van der Waals surface area contributed by atoms with E-state index >= 15 is 0 Å². The van der Waals surface area contributed by atoms with Gasteiger partial charge in [-0.1, -0.05) is 19.3 Å². The lowest BCUT2D eigenvalue weighted by Gasteiger charge is -2.22. The van der Waals surface area contributed by atoms with Gasteiger partial charge >= 0.3 is 0 Å². The molecule has 2 heterocycles. The molecule has 3 rings (SSSR count). The summed E-state index contributed by atoms with van der Waals surface area (Å²) in [6, 6.07) is 2.08. The van der Waals surface area contributed by atoms with Crippen molar-refractivity contribution in [1.82, 2.24) is 25.7 Å². The second kappa shape index (κ2) is 9.71. The number of hydrogen-bond acceptors (Lipinski definition) is 4. The minimum Gasteiger partial charge on any atom is -0.354 e. The van der Waals surface area contributed by atoms with Crippen LogP contribution >= 0.6 is 0 Å². The molecular weight excluding hydrogens is 330 g/mol. The molecule has 26 heavy (non-hydrogen) atoms. The number of nitrogens with zero attached hydrogens (tertiary/aromatic N) is 2. The van der Waals surface area contributed by atoms with Crippen molar-refractivity contribution in [2.75, 3.05) is 26.2 Å². The van der Waals surface area contributed by atoms with Gasteiger partial charge in [0.2, 0.25) is 5.91 Å². The Morgan fingerprint density at radius 3 is 2.69 bits per heavy atom. The molecule has 1 aromatic rings. The number of nitrogens with one attached hydrogen (secondary N) is 3. The Bertz CT molecular complexity index is 589. The number of amides is 2. The SMILES string of the molecule is O=C(CC1CCCCC1)NCCNC(=O)c1ccn(C2CCCNC2)n1. The average molecular weight is 361 g/mol. The van der Waals surface area contributed by atoms with E-state index in [4.69, 9.17) is 0 Å². The van der Waals surface area contributed by atoms with Gasteiger partial charge in [0.05, 0.1) is 6.04 Å². The van der Waals surface area contributed by atoms with Crippen LogP contribution in [0.25, 0.3) is 0 Å². The standard InChI is InChI=1S/C19H31N5O2/c25-18(13-15-5-2-1-3-6-15)21-10-11-22-19(26)17-8-12-24(23-17)16-7-4-9-20-14-16/h8,12,15-16,20H,1-7,9-11,13-14H2,(H,21,25)(H,22,26). The predicted molar refractivity (Wildman–Crippen MR) is 99.9 cm³/mol. The highest BCUT2D eigenvalue weighted by Gasteiger charge is 2.18. The first-order chi connectivity index (χ1) is 12.7. The van der Waals surface area contributed by atoms with Crippen molar-refractivity contribution in [3.63, 3.8) is 0 Å². The van der Waals surface area contributed by atoms with Gasteiger partial charge in [0.15, 0.2) is 0 Å². The predicted octanol–water partition coefficient (Wildman–Crippen LogP) is 1.62. The summed E-state index contributed by atoms with van der Waals surface area (Å²) >= 11 is 0. The molecule has 2 aliphatic rings. The zero-order chi connectivity index (χ0) is 18.2. The van der Waals surface area contributed by atoms with Crippen molar-refractivity contribution in [2.45, 2.75) is 57.4 Å². The van der Waals surface area contributed by atoms with Gasteiger partial charge in [-0.15, -0.1) is 0 Å². The third-order valence-electron chi connectivity index (χ3n) is 5.42. The quantitative estimate of drug-likeness (QED) is 0.644. The summed E-state index contributed by atoms with van der Waals surface area (Å²) in [5.74, 6) is 0.450. The normalized spacial score (nSPS) is 21.3. The summed E-state index contributed by atoms with van der Waals surface area (Å²) in [6.07, 6.45) is 10.8. The summed E-state index contributed by atoms with van der Waals surface area (Å²) in [5.41, 5.74) is 0.434. The lowest BCUT2D eigenvalue weighted by Crippen LogP contribution is -2.36. The van der Waals surface area contributed by atoms with Crippen molar-refractivity contribution in [1.29, 1.82) is 0 Å². The molecule has 7 heteroatoms. The number of rotatable bonds is 7. The maximum Gasteiger partial charge on any atom is 0.271 e. The first-order valence-corrected chi connectivity index (χ1v) is 10.0. The van der Waals surface area contributed by atoms with E-state index in [1.54, 1.807) is 6.07 Å². The molecule has 1 aromatic heterocycles. The van der Waals surface area contributed by atoms with E-state index in [0.717, 1.165) is 25.9 Å². The first-order valence-electron chi connectivity index (χ1n) is 10.0. The Morgan fingerprint density at radius 2 is 1.92 bits per heavy atom. The molecule has 1 atom stereocenters. The van der Waals surface area contributed by atoms with Gasteiger partial charge in [0.25, 0.3) is 5.91 Å². The van der Waals surface area contributed by atoms with Gasteiger partial charge in [0, 0.05) is 32.3 Å². The van der Waals surface area contributed by atoms with Crippen LogP contribution < -0.4 is 16.0 Å². The smallest absolute Gasteiger partial charge is 0.271 e. The average Bonchev–Trinajstić information content (AvgIpc) is 3.17. The summed E-state index contributed by atoms with van der Waals surface area (Å²) in [4.78, 5) is 24.1. The van der Waals surface area contributed by atoms with Crippen LogP contribution in [0.3, 0.4) is 0 Å². The Hall–Kier alpha value is -1.89. The second-order valence-electron chi connectivity index (χ2n) is 7.50. The van der Waals surface area contributed by atoms with Crippen molar-refractivity contribution >= 4 is 11.8 Å². The van der Waals surface area contributed by atoms with Gasteiger partial charge in [-0.3, -0.25) is 14.3 Å². The molecule has 7 nitrogen and oxygen atoms in total. The summed E-state index contributed by atoms with van der Waals surface area (Å²) in [5, 5.41) is 13.5. The van der Waals surface area contributed by atoms with Gasteiger partial charge in [-0.2, -0.15) is 5.10 Å². The fourth-order valence-corrected chi connectivity index (χ4v) is 3.92. The van der Waals surface area contributed by atoms with E-state index in [-0.39, 0.29) is 11.8 Å². The van der Waals surface area contributed by atoms with Crippen molar-refractivity contribution in [3.05, 3.63) is 18.0 Å². The third kappa shape index (κ3) is 5.56. The molecule has 0 aromatic carbocycles. The van der Waals surface area contributed by atoms with Crippen LogP contribution in [0.1, 0.15) is 67.9 Å². The second-order valence-corrected chi connectivity index (χ2v) is 7.50. The maximum absolute atomic E-state index is 12.2. The lowest BCUT2D eigenvalue weighted by molar-refractivity contribution is -0.122. The molecule has 1 aliphatic heterocycles. The minimum atomic E-state index is -0.186. The van der Waals surface area contributed by atoms with Crippen molar-refractivity contribution in [3.8, 4) is 0 Å². The summed E-state index contributed by atoms with van der Waals surface area (Å²) in [6.45, 7) is 2.84. The van der Waals surface area contributed by atoms with Crippen LogP contribution in [-0.4, -0.2) is 47.8 Å². The molecule has 1 saturated carbocycles. The summed E-state index contributed by atoms with van der Waals surface area (Å²) in [7, 11) is 0. The third-order valence-corrected chi connectivity index (χ3v) is 5.42. The van der Waals surface area contributed by atoms with E-state index in [1.165, 1.54) is 32.1 Å². The number of carbonyl (C=O) groups is 2. The van der Waals surface area contributed by atoms with Gasteiger partial charge in [-0.05, 0) is 44.2 Å². The molecule has 3 N–H and O–H groups in total. The van der Waals surface area contributed by atoms with Crippen LogP contribution in [0.4, 0.5) is 0 Å². The molecule has 2 amide bonds. The largest absolute Gasteiger partial charge is 0.354 e. The Morgan fingerprint density at radius 1 is 1.12 bits per heavy atom. The number of aromatic nitrogens is 2. The van der Waals surface area contributed by atoms with E-state index < -0.39 is 0 Å². The molecule has 1 aliphatic carbocycles. The highest BCUT2D eigenvalue weighted by molar-refractivity contribution is 5.92. The number of hydrogen-bond donors (Lipinski definition) is 3. The van der Waals surface area contributed by atoms with Crippen molar-refractivity contribution < 1.29 is 9.59 Å². The van der Waals surface area contributed by atoms with E-state index in [1.807, 2.05) is 10.9 Å². The Kier molecular flexibility index (Phi) is 7.05. The van der Waals surface area contributed by atoms with Crippen LogP contribution in [0.2, 0.25) is 0 Å². The maximum atomic E-state index is 12.2. The zero-order valence-electron chi connectivity index (χ0n) is 15.5. The Balaban J connectivity index is 1.33. The highest BCUT2D eigenvalue weighted by atomic mass is 16.2. The van der Waals surface area contributed by atoms with E-state index in [9.17, 15) is 9.59 Å². The topological polar surface area (TPSA) is 88.0 Å². The number of carbonyl (C=O) groups excluding carboxylic acids is 2. The number of piperidine rings is 1. The molecule has 1 saturated heterocycles. The monoisotopic (exact) mass is 361 g/mol. The fraction of sp³-hybridized carbons (Fsp3) is 0.737. The molecule has 0 bridgehead atoms. The minimum absolute atomic E-state index is 0.0974. The molecule has 0 radical (unpaired) electrons. The zero-order valence-corrected chi connectivity index (χ0v) is 15.5. The van der Waals surface area contributed by atoms with Crippen LogP contribution in [0.5, 0.6) is 0 Å². The molecule has 1 unspecified atom stereocenters. The summed E-state index contributed by atoms with van der Waals surface area (Å²) < 4.78 is 1.88. The lowest BCUT2D eigenvalue weighted by atomic mass is 9.87. The highest BCUT2D eigenvalue weighted by Crippen LogP contribution is 2.25. The molecule has 144 valence electrons. The molecule has 0 spiro atoms. The van der Waals surface area contributed by atoms with E-state index in [0.29, 0.717) is 37.2 Å². The first kappa shape index (κ1) is 18.9. The van der Waals surface area contributed by atoms with Gasteiger partial charge in [0.1, 0.15) is 5.69 Å². The van der Waals surface area contributed by atoms with Gasteiger partial charge in [-0.25, -0.2) is 0 Å². The fourth-order valence-electron chi connectivity index (χ4n) is 3.92. The van der Waals surface area contributed by atoms with Crippen molar-refractivity contribution in [2.24, 2.45) is 5.92 Å². The molecule has 2 fully saturated rings. The van der Waals surface area contributed by atoms with Crippen LogP contribution in [0.15, 0.2) is 12.3 Å². The van der Waals surface area contributed by atoms with Crippen LogP contribution in [-0.2, 0) is 4.79 Å². The van der Waals surface area contributed by atoms with E-state index in [2.05, 4.69) is 21.0 Å². The molecular formula is C19H31N5O2.